The van der Waals surface area contributed by atoms with Gasteiger partial charge in [0.05, 0.1) is 17.9 Å². The quantitative estimate of drug-likeness (QED) is 0.341. The highest BCUT2D eigenvalue weighted by atomic mass is 35.5. The highest BCUT2D eigenvalue weighted by Gasteiger charge is 2.18. The number of hydrogen-bond acceptors (Lipinski definition) is 5. The second-order valence-electron chi connectivity index (χ2n) is 8.06. The summed E-state index contributed by atoms with van der Waals surface area (Å²) in [5.41, 5.74) is 4.40. The first-order valence-electron chi connectivity index (χ1n) is 11.4. The summed E-state index contributed by atoms with van der Waals surface area (Å²) in [6.45, 7) is 5.34. The standard InChI is InChI=1S/C24H28ClN7O/c1-3-5-8-14-31-22(25)21(9-4-2)32(24(31)33)16-17-12-13-20(26-15-17)18-10-6-7-11-19(18)23-27-29-30-28-23/h6-7,10-13,15H,3-5,8-9,14,16H2,1-2H3,(H,27,28,29,30). The van der Waals surface area contributed by atoms with Crippen molar-refractivity contribution in [2.75, 3.05) is 0 Å². The monoisotopic (exact) mass is 465 g/mol. The largest absolute Gasteiger partial charge is 0.329 e. The van der Waals surface area contributed by atoms with Gasteiger partial charge >= 0.3 is 5.69 Å². The second kappa shape index (κ2) is 10.6. The molecule has 3 aromatic heterocycles. The predicted molar refractivity (Wildman–Crippen MR) is 129 cm³/mol. The van der Waals surface area contributed by atoms with Gasteiger partial charge in [-0.3, -0.25) is 14.1 Å². The van der Waals surface area contributed by atoms with Crippen LogP contribution in [0.2, 0.25) is 5.15 Å². The molecule has 0 amide bonds. The molecule has 0 saturated carbocycles. The summed E-state index contributed by atoms with van der Waals surface area (Å²) in [5, 5.41) is 14.7. The van der Waals surface area contributed by atoms with E-state index in [1.165, 1.54) is 0 Å². The van der Waals surface area contributed by atoms with Crippen LogP contribution in [0.5, 0.6) is 0 Å². The predicted octanol–water partition coefficient (Wildman–Crippen LogP) is 4.74. The number of benzene rings is 1. The van der Waals surface area contributed by atoms with Gasteiger partial charge in [0.2, 0.25) is 0 Å². The van der Waals surface area contributed by atoms with E-state index in [1.807, 2.05) is 42.6 Å². The minimum Gasteiger partial charge on any atom is -0.290 e. The minimum absolute atomic E-state index is 0.0493. The molecule has 0 aliphatic carbocycles. The van der Waals surface area contributed by atoms with E-state index in [0.717, 1.165) is 60.2 Å². The molecular weight excluding hydrogens is 438 g/mol. The number of hydrogen-bond donors (Lipinski definition) is 1. The molecule has 0 saturated heterocycles. The van der Waals surface area contributed by atoms with E-state index in [1.54, 1.807) is 9.13 Å². The van der Waals surface area contributed by atoms with Crippen molar-refractivity contribution in [3.05, 3.63) is 69.5 Å². The number of H-pyrrole nitrogens is 1. The van der Waals surface area contributed by atoms with Crippen LogP contribution < -0.4 is 5.69 Å². The number of aromatic nitrogens is 7. The summed E-state index contributed by atoms with van der Waals surface area (Å²) >= 11 is 6.64. The average Bonchev–Trinajstić information content (AvgIpc) is 3.45. The molecule has 0 atom stereocenters. The zero-order chi connectivity index (χ0) is 23.2. The van der Waals surface area contributed by atoms with Crippen molar-refractivity contribution in [1.82, 2.24) is 34.7 Å². The number of imidazole rings is 1. The summed E-state index contributed by atoms with van der Waals surface area (Å²) in [4.78, 5) is 17.8. The number of aromatic amines is 1. The summed E-state index contributed by atoms with van der Waals surface area (Å²) in [5.74, 6) is 0.589. The number of pyridine rings is 1. The summed E-state index contributed by atoms with van der Waals surface area (Å²) in [6.07, 6.45) is 6.62. The molecule has 1 aromatic carbocycles. The maximum atomic E-state index is 13.1. The van der Waals surface area contributed by atoms with Crippen molar-refractivity contribution in [3.63, 3.8) is 0 Å². The first kappa shape index (κ1) is 22.9. The topological polar surface area (TPSA) is 94.3 Å². The minimum atomic E-state index is -0.0493. The maximum absolute atomic E-state index is 13.1. The van der Waals surface area contributed by atoms with E-state index < -0.39 is 0 Å². The molecule has 0 unspecified atom stereocenters. The van der Waals surface area contributed by atoms with Crippen molar-refractivity contribution < 1.29 is 0 Å². The SMILES string of the molecule is CCCCCn1c(Cl)c(CCC)n(Cc2ccc(-c3ccccc3-c3nnn[nH]3)nc2)c1=O. The van der Waals surface area contributed by atoms with Gasteiger partial charge in [0.25, 0.3) is 0 Å². The third kappa shape index (κ3) is 4.90. The Labute approximate surface area is 197 Å². The zero-order valence-corrected chi connectivity index (χ0v) is 19.7. The number of nitrogens with one attached hydrogen (secondary N) is 1. The smallest absolute Gasteiger partial charge is 0.290 e. The van der Waals surface area contributed by atoms with Gasteiger partial charge in [-0.15, -0.1) is 5.10 Å². The second-order valence-corrected chi connectivity index (χ2v) is 8.42. The molecule has 0 spiro atoms. The van der Waals surface area contributed by atoms with Crippen LogP contribution in [0.15, 0.2) is 47.4 Å². The molecule has 172 valence electrons. The third-order valence-corrected chi connectivity index (χ3v) is 6.13. The number of tetrazole rings is 1. The Morgan fingerprint density at radius 3 is 2.48 bits per heavy atom. The Morgan fingerprint density at radius 1 is 1.00 bits per heavy atom. The van der Waals surface area contributed by atoms with Crippen LogP contribution in [0.25, 0.3) is 22.6 Å². The lowest BCUT2D eigenvalue weighted by Gasteiger charge is -2.09. The Hall–Kier alpha value is -3.26. The number of nitrogens with zero attached hydrogens (tertiary/aromatic N) is 6. The molecule has 0 fully saturated rings. The van der Waals surface area contributed by atoms with Crippen molar-refractivity contribution in [1.29, 1.82) is 0 Å². The molecule has 0 bridgehead atoms. The highest BCUT2D eigenvalue weighted by Crippen LogP contribution is 2.28. The Kier molecular flexibility index (Phi) is 7.34. The van der Waals surface area contributed by atoms with E-state index in [2.05, 4.69) is 39.5 Å². The van der Waals surface area contributed by atoms with Gasteiger partial charge in [-0.25, -0.2) is 9.89 Å². The van der Waals surface area contributed by atoms with E-state index >= 15 is 0 Å². The molecule has 3 heterocycles. The van der Waals surface area contributed by atoms with Crippen LogP contribution in [0.4, 0.5) is 0 Å². The Balaban J connectivity index is 1.62. The fourth-order valence-electron chi connectivity index (χ4n) is 4.01. The van der Waals surface area contributed by atoms with Gasteiger partial charge in [0.15, 0.2) is 5.82 Å². The van der Waals surface area contributed by atoms with Crippen molar-refractivity contribution in [2.45, 2.75) is 59.0 Å². The molecule has 4 rings (SSSR count). The normalized spacial score (nSPS) is 11.2. The van der Waals surface area contributed by atoms with Gasteiger partial charge in [-0.2, -0.15) is 0 Å². The molecule has 9 heteroatoms. The third-order valence-electron chi connectivity index (χ3n) is 5.70. The maximum Gasteiger partial charge on any atom is 0.329 e. The first-order chi connectivity index (χ1) is 16.1. The van der Waals surface area contributed by atoms with Gasteiger partial charge in [0.1, 0.15) is 5.15 Å². The lowest BCUT2D eigenvalue weighted by atomic mass is 10.0. The Morgan fingerprint density at radius 2 is 1.82 bits per heavy atom. The van der Waals surface area contributed by atoms with E-state index in [4.69, 9.17) is 11.6 Å². The van der Waals surface area contributed by atoms with Gasteiger partial charge in [-0.05, 0) is 34.9 Å². The lowest BCUT2D eigenvalue weighted by Crippen LogP contribution is -2.26. The summed E-state index contributed by atoms with van der Waals surface area (Å²) in [7, 11) is 0. The molecule has 4 aromatic rings. The van der Waals surface area contributed by atoms with Crippen LogP contribution in [-0.4, -0.2) is 34.7 Å². The van der Waals surface area contributed by atoms with E-state index in [0.29, 0.717) is 24.1 Å². The molecule has 8 nitrogen and oxygen atoms in total. The van der Waals surface area contributed by atoms with Crippen LogP contribution in [0, 0.1) is 0 Å². The fourth-order valence-corrected chi connectivity index (χ4v) is 4.36. The lowest BCUT2D eigenvalue weighted by molar-refractivity contribution is 0.573. The van der Waals surface area contributed by atoms with Gasteiger partial charge in [-0.1, -0.05) is 75.0 Å². The average molecular weight is 466 g/mol. The highest BCUT2D eigenvalue weighted by molar-refractivity contribution is 6.30. The molecule has 0 aliphatic rings. The molecule has 0 aliphatic heterocycles. The van der Waals surface area contributed by atoms with Crippen LogP contribution in [0.3, 0.4) is 0 Å². The van der Waals surface area contributed by atoms with Crippen molar-refractivity contribution in [3.8, 4) is 22.6 Å². The van der Waals surface area contributed by atoms with Crippen LogP contribution in [-0.2, 0) is 19.5 Å². The number of rotatable bonds is 10. The van der Waals surface area contributed by atoms with Crippen LogP contribution in [0.1, 0.15) is 50.8 Å². The van der Waals surface area contributed by atoms with Gasteiger partial charge in [0, 0.05) is 23.9 Å². The molecular formula is C24H28ClN7O. The number of halogens is 1. The summed E-state index contributed by atoms with van der Waals surface area (Å²) in [6, 6.07) is 11.8. The van der Waals surface area contributed by atoms with Crippen molar-refractivity contribution >= 4 is 11.6 Å². The van der Waals surface area contributed by atoms with E-state index in [-0.39, 0.29) is 5.69 Å². The first-order valence-corrected chi connectivity index (χ1v) is 11.8. The molecule has 1 N–H and O–H groups in total. The fraction of sp³-hybridized carbons (Fsp3) is 0.375. The summed E-state index contributed by atoms with van der Waals surface area (Å²) < 4.78 is 3.51. The van der Waals surface area contributed by atoms with Crippen molar-refractivity contribution in [2.24, 2.45) is 0 Å². The molecule has 0 radical (unpaired) electrons. The van der Waals surface area contributed by atoms with E-state index in [9.17, 15) is 4.79 Å². The van der Waals surface area contributed by atoms with Crippen LogP contribution >= 0.6 is 11.6 Å². The molecule has 33 heavy (non-hydrogen) atoms. The van der Waals surface area contributed by atoms with Gasteiger partial charge < -0.3 is 0 Å². The number of unbranched alkanes of at least 4 members (excludes halogenated alkanes) is 2. The Bertz CT molecular complexity index is 1240. The zero-order valence-electron chi connectivity index (χ0n) is 19.0.